The molecule has 1 aliphatic rings. The van der Waals surface area contributed by atoms with Crippen molar-refractivity contribution in [1.82, 2.24) is 15.6 Å². The average molecular weight is 417 g/mol. The molecule has 0 aromatic heterocycles. The molecule has 2 aromatic carbocycles. The number of sulfonamides is 1. The molecule has 2 aromatic rings. The summed E-state index contributed by atoms with van der Waals surface area (Å²) in [6, 6.07) is 11.1. The van der Waals surface area contributed by atoms with Crippen molar-refractivity contribution in [3.8, 4) is 5.75 Å². The summed E-state index contributed by atoms with van der Waals surface area (Å²) in [5.41, 5.74) is 6.67. The van der Waals surface area contributed by atoms with E-state index in [0.717, 1.165) is 24.0 Å². The minimum atomic E-state index is -3.57. The van der Waals surface area contributed by atoms with Crippen molar-refractivity contribution in [2.24, 2.45) is 0 Å². The summed E-state index contributed by atoms with van der Waals surface area (Å²) in [7, 11) is -3.57. The Hall–Kier alpha value is -2.91. The van der Waals surface area contributed by atoms with Gasteiger partial charge in [-0.3, -0.25) is 20.4 Å². The van der Waals surface area contributed by atoms with Crippen molar-refractivity contribution in [2.45, 2.75) is 37.6 Å². The van der Waals surface area contributed by atoms with Crippen molar-refractivity contribution >= 4 is 21.8 Å². The third-order valence-electron chi connectivity index (χ3n) is 4.34. The van der Waals surface area contributed by atoms with Gasteiger partial charge in [0.15, 0.2) is 6.61 Å². The Morgan fingerprint density at radius 3 is 2.38 bits per heavy atom. The number of hydrogen-bond donors (Lipinski definition) is 3. The first-order valence-corrected chi connectivity index (χ1v) is 10.6. The van der Waals surface area contributed by atoms with Crippen LogP contribution in [-0.2, 0) is 14.8 Å². The van der Waals surface area contributed by atoms with E-state index in [4.69, 9.17) is 4.74 Å². The number of carbonyl (C=O) groups excluding carboxylic acids is 2. The fourth-order valence-corrected chi connectivity index (χ4v) is 3.82. The van der Waals surface area contributed by atoms with Gasteiger partial charge in [-0.25, -0.2) is 13.1 Å². The molecular formula is C20H23N3O5S. The Labute approximate surface area is 169 Å². The van der Waals surface area contributed by atoms with E-state index in [1.54, 1.807) is 0 Å². The Morgan fingerprint density at radius 1 is 1.03 bits per heavy atom. The minimum absolute atomic E-state index is 0.00370. The third-order valence-corrected chi connectivity index (χ3v) is 5.88. The van der Waals surface area contributed by atoms with Gasteiger partial charge in [-0.05, 0) is 68.1 Å². The minimum Gasteiger partial charge on any atom is -0.483 e. The molecule has 29 heavy (non-hydrogen) atoms. The number of aryl methyl sites for hydroxylation is 2. The summed E-state index contributed by atoms with van der Waals surface area (Å²) in [5, 5.41) is 0. The molecule has 1 fully saturated rings. The van der Waals surface area contributed by atoms with E-state index in [0.29, 0.717) is 5.75 Å². The van der Waals surface area contributed by atoms with Crippen molar-refractivity contribution in [3.63, 3.8) is 0 Å². The van der Waals surface area contributed by atoms with Crippen LogP contribution in [0.1, 0.15) is 34.3 Å². The van der Waals surface area contributed by atoms with E-state index in [1.807, 2.05) is 32.0 Å². The average Bonchev–Trinajstić information content (AvgIpc) is 3.50. The number of rotatable bonds is 7. The van der Waals surface area contributed by atoms with Gasteiger partial charge in [0.1, 0.15) is 5.75 Å². The van der Waals surface area contributed by atoms with Crippen molar-refractivity contribution in [3.05, 3.63) is 59.2 Å². The molecular weight excluding hydrogens is 394 g/mol. The van der Waals surface area contributed by atoms with Gasteiger partial charge in [0, 0.05) is 11.6 Å². The quantitative estimate of drug-likeness (QED) is 0.592. The van der Waals surface area contributed by atoms with E-state index in [-0.39, 0.29) is 23.1 Å². The molecule has 0 spiro atoms. The first-order valence-electron chi connectivity index (χ1n) is 9.16. The van der Waals surface area contributed by atoms with Crippen LogP contribution in [0.2, 0.25) is 0 Å². The molecule has 9 heteroatoms. The molecule has 0 bridgehead atoms. The summed E-state index contributed by atoms with van der Waals surface area (Å²) in [4.78, 5) is 24.1. The van der Waals surface area contributed by atoms with Crippen LogP contribution in [0.3, 0.4) is 0 Å². The highest BCUT2D eigenvalue weighted by atomic mass is 32.2. The number of carbonyl (C=O) groups is 2. The fourth-order valence-electron chi connectivity index (χ4n) is 2.51. The van der Waals surface area contributed by atoms with E-state index in [2.05, 4.69) is 15.6 Å². The van der Waals surface area contributed by atoms with Crippen LogP contribution >= 0.6 is 0 Å². The van der Waals surface area contributed by atoms with Crippen LogP contribution < -0.4 is 20.3 Å². The number of benzene rings is 2. The maximum Gasteiger partial charge on any atom is 0.276 e. The van der Waals surface area contributed by atoms with Crippen LogP contribution in [0.4, 0.5) is 0 Å². The monoisotopic (exact) mass is 417 g/mol. The van der Waals surface area contributed by atoms with Gasteiger partial charge in [-0.2, -0.15) is 0 Å². The summed E-state index contributed by atoms with van der Waals surface area (Å²) < 4.78 is 32.3. The highest BCUT2D eigenvalue weighted by molar-refractivity contribution is 7.89. The smallest absolute Gasteiger partial charge is 0.276 e. The molecule has 0 radical (unpaired) electrons. The van der Waals surface area contributed by atoms with Crippen LogP contribution in [0.15, 0.2) is 47.4 Å². The normalized spacial score (nSPS) is 13.6. The molecule has 0 heterocycles. The number of ether oxygens (including phenoxy) is 1. The number of hydrazine groups is 1. The SMILES string of the molecule is Cc1ccc(C)c(OCC(=O)NNC(=O)c2ccc(S(=O)(=O)NC3CC3)cc2)c1. The van der Waals surface area contributed by atoms with Gasteiger partial charge in [-0.1, -0.05) is 12.1 Å². The zero-order chi connectivity index (χ0) is 21.0. The molecule has 3 N–H and O–H groups in total. The van der Waals surface area contributed by atoms with Crippen LogP contribution in [0.25, 0.3) is 0 Å². The molecule has 3 rings (SSSR count). The Kier molecular flexibility index (Phi) is 6.19. The Balaban J connectivity index is 1.49. The lowest BCUT2D eigenvalue weighted by atomic mass is 10.1. The van der Waals surface area contributed by atoms with E-state index >= 15 is 0 Å². The maximum atomic E-state index is 12.1. The van der Waals surface area contributed by atoms with Crippen molar-refractivity contribution < 1.29 is 22.7 Å². The van der Waals surface area contributed by atoms with Crippen LogP contribution in [-0.4, -0.2) is 32.9 Å². The van der Waals surface area contributed by atoms with E-state index in [1.165, 1.54) is 24.3 Å². The van der Waals surface area contributed by atoms with Crippen molar-refractivity contribution in [1.29, 1.82) is 0 Å². The summed E-state index contributed by atoms with van der Waals surface area (Å²) in [5.74, 6) is -0.487. The molecule has 1 saturated carbocycles. The van der Waals surface area contributed by atoms with Gasteiger partial charge in [0.05, 0.1) is 4.90 Å². The molecule has 0 unspecified atom stereocenters. The molecule has 1 aliphatic carbocycles. The van der Waals surface area contributed by atoms with Crippen LogP contribution in [0.5, 0.6) is 5.75 Å². The predicted octanol–water partition coefficient (Wildman–Crippen LogP) is 1.58. The summed E-state index contributed by atoms with van der Waals surface area (Å²) in [6.45, 7) is 3.54. The number of hydrogen-bond acceptors (Lipinski definition) is 5. The predicted molar refractivity (Wildman–Crippen MR) is 107 cm³/mol. The van der Waals surface area contributed by atoms with Crippen LogP contribution in [0, 0.1) is 13.8 Å². The second-order valence-corrected chi connectivity index (χ2v) is 8.69. The number of amides is 2. The first-order chi connectivity index (χ1) is 13.7. The second kappa shape index (κ2) is 8.62. The van der Waals surface area contributed by atoms with Crippen molar-refractivity contribution in [2.75, 3.05) is 6.61 Å². The Morgan fingerprint density at radius 2 is 1.72 bits per heavy atom. The maximum absolute atomic E-state index is 12.1. The molecule has 0 atom stereocenters. The second-order valence-electron chi connectivity index (χ2n) is 6.98. The van der Waals surface area contributed by atoms with Gasteiger partial charge in [0.25, 0.3) is 11.8 Å². The summed E-state index contributed by atoms with van der Waals surface area (Å²) >= 11 is 0. The molecule has 0 saturated heterocycles. The zero-order valence-corrected chi connectivity index (χ0v) is 17.0. The zero-order valence-electron chi connectivity index (χ0n) is 16.2. The fraction of sp³-hybridized carbons (Fsp3) is 0.300. The largest absolute Gasteiger partial charge is 0.483 e. The summed E-state index contributed by atoms with van der Waals surface area (Å²) in [6.07, 6.45) is 1.68. The standard InChI is InChI=1S/C20H23N3O5S/c1-13-3-4-14(2)18(11-13)28-12-19(24)21-22-20(25)15-5-9-17(10-6-15)29(26,27)23-16-7-8-16/h3-6,9-11,16,23H,7-8,12H2,1-2H3,(H,21,24)(H,22,25). The molecule has 2 amide bonds. The number of nitrogens with one attached hydrogen (secondary N) is 3. The molecule has 154 valence electrons. The van der Waals surface area contributed by atoms with Gasteiger partial charge in [0.2, 0.25) is 10.0 Å². The third kappa shape index (κ3) is 5.78. The molecule has 8 nitrogen and oxygen atoms in total. The first kappa shape index (κ1) is 20.8. The van der Waals surface area contributed by atoms with Gasteiger partial charge < -0.3 is 4.74 Å². The van der Waals surface area contributed by atoms with E-state index < -0.39 is 21.8 Å². The van der Waals surface area contributed by atoms with Gasteiger partial charge >= 0.3 is 0 Å². The van der Waals surface area contributed by atoms with E-state index in [9.17, 15) is 18.0 Å². The highest BCUT2D eigenvalue weighted by Gasteiger charge is 2.28. The lowest BCUT2D eigenvalue weighted by molar-refractivity contribution is -0.123. The lowest BCUT2D eigenvalue weighted by Gasteiger charge is -2.11. The Bertz CT molecular complexity index is 1010. The highest BCUT2D eigenvalue weighted by Crippen LogP contribution is 2.22. The molecule has 0 aliphatic heterocycles. The topological polar surface area (TPSA) is 114 Å². The lowest BCUT2D eigenvalue weighted by Crippen LogP contribution is -2.43. The van der Waals surface area contributed by atoms with Gasteiger partial charge in [-0.15, -0.1) is 0 Å².